The van der Waals surface area contributed by atoms with Gasteiger partial charge < -0.3 is 4.57 Å². The van der Waals surface area contributed by atoms with E-state index in [0.717, 1.165) is 27.9 Å². The normalized spacial score (nSPS) is 10.7. The summed E-state index contributed by atoms with van der Waals surface area (Å²) in [5.74, 6) is 1.93. The average Bonchev–Trinajstić information content (AvgIpc) is 2.60. The van der Waals surface area contributed by atoms with E-state index in [9.17, 15) is 0 Å². The Balaban J connectivity index is 2.24. The van der Waals surface area contributed by atoms with Gasteiger partial charge in [-0.05, 0) is 17.7 Å². The van der Waals surface area contributed by atoms with Crippen LogP contribution in [-0.4, -0.2) is 14.8 Å². The molecule has 0 radical (unpaired) electrons. The van der Waals surface area contributed by atoms with Gasteiger partial charge in [0.15, 0.2) is 0 Å². The molecule has 0 atom stereocenters. The molecule has 16 heavy (non-hydrogen) atoms. The Morgan fingerprint density at radius 1 is 1.25 bits per heavy atom. The van der Waals surface area contributed by atoms with E-state index < -0.39 is 0 Å². The van der Waals surface area contributed by atoms with Crippen molar-refractivity contribution in [1.29, 1.82) is 0 Å². The number of hydrogen-bond acceptors (Lipinski definition) is 2. The topological polar surface area (TPSA) is 30.7 Å². The number of benzene rings is 1. The van der Waals surface area contributed by atoms with Crippen LogP contribution in [0.2, 0.25) is 0 Å². The molecule has 0 unspecified atom stereocenters. The molecule has 1 aromatic carbocycles. The summed E-state index contributed by atoms with van der Waals surface area (Å²) >= 11 is 6.85. The zero-order chi connectivity index (χ0) is 11.5. The second-order valence-electron chi connectivity index (χ2n) is 3.53. The molecule has 1 aromatic heterocycles. The Kier molecular flexibility index (Phi) is 3.76. The minimum absolute atomic E-state index is 0.731. The van der Waals surface area contributed by atoms with E-state index in [1.54, 1.807) is 0 Å². The maximum atomic E-state index is 4.18. The third-order valence-corrected chi connectivity index (χ3v) is 3.42. The number of nitrogens with zero attached hydrogens (tertiary/aromatic N) is 3. The molecule has 0 aliphatic carbocycles. The van der Waals surface area contributed by atoms with Gasteiger partial charge in [0.1, 0.15) is 11.6 Å². The van der Waals surface area contributed by atoms with Crippen molar-refractivity contribution in [2.45, 2.75) is 11.8 Å². The van der Waals surface area contributed by atoms with E-state index in [2.05, 4.69) is 54.2 Å². The lowest BCUT2D eigenvalue weighted by Gasteiger charge is -2.03. The van der Waals surface area contributed by atoms with Gasteiger partial charge in [0, 0.05) is 17.9 Å². The van der Waals surface area contributed by atoms with Crippen LogP contribution in [0.5, 0.6) is 0 Å². The van der Waals surface area contributed by atoms with Gasteiger partial charge in [0.25, 0.3) is 0 Å². The minimum Gasteiger partial charge on any atom is -0.317 e. The van der Waals surface area contributed by atoms with E-state index >= 15 is 0 Å². The molecule has 0 aliphatic heterocycles. The lowest BCUT2D eigenvalue weighted by molar-refractivity contribution is 0.793. The predicted molar refractivity (Wildman–Crippen MR) is 70.6 cm³/mol. The molecule has 84 valence electrons. The molecule has 2 rings (SSSR count). The first-order valence-electron chi connectivity index (χ1n) is 4.88. The number of hydrogen-bond donors (Lipinski definition) is 0. The Hall–Kier alpha value is -0.680. The van der Waals surface area contributed by atoms with Gasteiger partial charge in [-0.25, -0.2) is 0 Å². The largest absolute Gasteiger partial charge is 0.317 e. The number of aromatic nitrogens is 3. The summed E-state index contributed by atoms with van der Waals surface area (Å²) in [7, 11) is 1.99. The summed E-state index contributed by atoms with van der Waals surface area (Å²) in [5.41, 5.74) is 1.23. The molecule has 2 aromatic rings. The number of rotatable bonds is 3. The second kappa shape index (κ2) is 5.10. The van der Waals surface area contributed by atoms with Crippen molar-refractivity contribution in [2.75, 3.05) is 0 Å². The zero-order valence-electron chi connectivity index (χ0n) is 8.82. The third-order valence-electron chi connectivity index (χ3n) is 2.43. The quantitative estimate of drug-likeness (QED) is 0.801. The van der Waals surface area contributed by atoms with Gasteiger partial charge in [-0.1, -0.05) is 44.0 Å². The van der Waals surface area contributed by atoms with Crippen LogP contribution in [-0.2, 0) is 18.8 Å². The molecular weight excluding hydrogens is 334 g/mol. The SMILES string of the molecule is Cn1c(CBr)nnc1Cc1cccc(Br)c1. The first-order valence-corrected chi connectivity index (χ1v) is 6.79. The highest BCUT2D eigenvalue weighted by Crippen LogP contribution is 2.15. The van der Waals surface area contributed by atoms with E-state index in [0.29, 0.717) is 0 Å². The first-order chi connectivity index (χ1) is 7.70. The van der Waals surface area contributed by atoms with Crippen LogP contribution in [0.15, 0.2) is 28.7 Å². The molecule has 0 N–H and O–H groups in total. The van der Waals surface area contributed by atoms with E-state index in [1.165, 1.54) is 5.56 Å². The molecular formula is C11H11Br2N3. The molecule has 3 nitrogen and oxygen atoms in total. The lowest BCUT2D eigenvalue weighted by Crippen LogP contribution is -2.01. The van der Waals surface area contributed by atoms with Gasteiger partial charge in [0.05, 0.1) is 5.33 Å². The van der Waals surface area contributed by atoms with Crippen LogP contribution in [0.25, 0.3) is 0 Å². The standard InChI is InChI=1S/C11H11Br2N3/c1-16-10(14-15-11(16)7-12)6-8-3-2-4-9(13)5-8/h2-5H,6-7H2,1H3. The predicted octanol–water partition coefficient (Wildman–Crippen LogP) is 3.06. The maximum Gasteiger partial charge on any atom is 0.143 e. The highest BCUT2D eigenvalue weighted by atomic mass is 79.9. The Morgan fingerprint density at radius 3 is 2.62 bits per heavy atom. The van der Waals surface area contributed by atoms with E-state index in [1.807, 2.05) is 23.7 Å². The fourth-order valence-electron chi connectivity index (χ4n) is 1.50. The van der Waals surface area contributed by atoms with Gasteiger partial charge in [-0.15, -0.1) is 10.2 Å². The molecule has 0 fully saturated rings. The monoisotopic (exact) mass is 343 g/mol. The van der Waals surface area contributed by atoms with E-state index in [-0.39, 0.29) is 0 Å². The fraction of sp³-hybridized carbons (Fsp3) is 0.273. The van der Waals surface area contributed by atoms with Crippen molar-refractivity contribution in [3.05, 3.63) is 46.0 Å². The summed E-state index contributed by atoms with van der Waals surface area (Å²) in [4.78, 5) is 0. The van der Waals surface area contributed by atoms with Crippen LogP contribution < -0.4 is 0 Å². The van der Waals surface area contributed by atoms with Crippen LogP contribution in [0, 0.1) is 0 Å². The van der Waals surface area contributed by atoms with Gasteiger partial charge in [0.2, 0.25) is 0 Å². The molecule has 0 aliphatic rings. The van der Waals surface area contributed by atoms with Crippen molar-refractivity contribution < 1.29 is 0 Å². The number of alkyl halides is 1. The summed E-state index contributed by atoms with van der Waals surface area (Å²) in [6, 6.07) is 8.24. The second-order valence-corrected chi connectivity index (χ2v) is 5.01. The van der Waals surface area contributed by atoms with Gasteiger partial charge >= 0.3 is 0 Å². The van der Waals surface area contributed by atoms with Crippen LogP contribution in [0.3, 0.4) is 0 Å². The third kappa shape index (κ3) is 2.52. The molecule has 0 amide bonds. The minimum atomic E-state index is 0.731. The summed E-state index contributed by atoms with van der Waals surface area (Å²) in [6.07, 6.45) is 0.802. The zero-order valence-corrected chi connectivity index (χ0v) is 12.0. The maximum absolute atomic E-state index is 4.18. The van der Waals surface area contributed by atoms with Crippen molar-refractivity contribution in [3.8, 4) is 0 Å². The summed E-state index contributed by atoms with van der Waals surface area (Å²) in [6.45, 7) is 0. The van der Waals surface area contributed by atoms with Crippen LogP contribution >= 0.6 is 31.9 Å². The highest BCUT2D eigenvalue weighted by Gasteiger charge is 2.07. The van der Waals surface area contributed by atoms with Crippen molar-refractivity contribution in [1.82, 2.24) is 14.8 Å². The number of halogens is 2. The molecule has 5 heteroatoms. The highest BCUT2D eigenvalue weighted by molar-refractivity contribution is 9.10. The van der Waals surface area contributed by atoms with Gasteiger partial charge in [-0.3, -0.25) is 0 Å². The smallest absolute Gasteiger partial charge is 0.143 e. The van der Waals surface area contributed by atoms with Crippen LogP contribution in [0.1, 0.15) is 17.2 Å². The fourth-order valence-corrected chi connectivity index (χ4v) is 2.43. The summed E-state index contributed by atoms with van der Waals surface area (Å²) in [5, 5.41) is 9.02. The molecule has 0 spiro atoms. The molecule has 0 bridgehead atoms. The Labute approximate surface area is 111 Å². The molecule has 0 saturated heterocycles. The molecule has 1 heterocycles. The van der Waals surface area contributed by atoms with Crippen molar-refractivity contribution in [3.63, 3.8) is 0 Å². The average molecular weight is 345 g/mol. The van der Waals surface area contributed by atoms with Crippen LogP contribution in [0.4, 0.5) is 0 Å². The van der Waals surface area contributed by atoms with Crippen molar-refractivity contribution >= 4 is 31.9 Å². The summed E-state index contributed by atoms with van der Waals surface area (Å²) < 4.78 is 3.11. The lowest BCUT2D eigenvalue weighted by atomic mass is 10.1. The van der Waals surface area contributed by atoms with Gasteiger partial charge in [-0.2, -0.15) is 0 Å². The Morgan fingerprint density at radius 2 is 2.00 bits per heavy atom. The van der Waals surface area contributed by atoms with E-state index in [4.69, 9.17) is 0 Å². The first kappa shape index (κ1) is 11.8. The Bertz CT molecular complexity index is 494. The van der Waals surface area contributed by atoms with Crippen molar-refractivity contribution in [2.24, 2.45) is 7.05 Å². The molecule has 0 saturated carbocycles.